The van der Waals surface area contributed by atoms with Crippen molar-refractivity contribution >= 4 is 28.0 Å². The van der Waals surface area contributed by atoms with Crippen molar-refractivity contribution in [2.24, 2.45) is 0 Å². The Labute approximate surface area is 143 Å². The maximum atomic E-state index is 12.5. The fourth-order valence-electron chi connectivity index (χ4n) is 2.93. The Balaban J connectivity index is 1.72. The van der Waals surface area contributed by atoms with Gasteiger partial charge in [0.2, 0.25) is 11.8 Å². The normalized spacial score (nSPS) is 22.9. The predicted octanol–water partition coefficient (Wildman–Crippen LogP) is 0.0317. The van der Waals surface area contributed by atoms with Crippen LogP contribution in [0.5, 0.6) is 5.88 Å². The first-order valence-electron chi connectivity index (χ1n) is 7.36. The lowest BCUT2D eigenvalue weighted by molar-refractivity contribution is -0.120. The molecule has 0 aliphatic carbocycles. The van der Waals surface area contributed by atoms with Crippen LogP contribution in [0, 0.1) is 0 Å². The van der Waals surface area contributed by atoms with Crippen molar-refractivity contribution < 1.29 is 31.6 Å². The first-order chi connectivity index (χ1) is 11.8. The Kier molecular flexibility index (Phi) is 4.49. The van der Waals surface area contributed by atoms with Gasteiger partial charge in [0.15, 0.2) is 0 Å². The van der Waals surface area contributed by atoms with Gasteiger partial charge in [0, 0.05) is 24.5 Å². The molecule has 3 rings (SSSR count). The number of fused-ring (bicyclic) bond motifs is 2. The lowest BCUT2D eigenvalue weighted by Crippen LogP contribution is -2.47. The van der Waals surface area contributed by atoms with E-state index in [0.717, 1.165) is 0 Å². The minimum absolute atomic E-state index is 0.131. The van der Waals surface area contributed by atoms with Crippen LogP contribution in [0.25, 0.3) is 0 Å². The van der Waals surface area contributed by atoms with Gasteiger partial charge in [-0.2, -0.15) is 13.5 Å². The predicted molar refractivity (Wildman–Crippen MR) is 82.8 cm³/mol. The third-order valence-corrected chi connectivity index (χ3v) is 4.36. The van der Waals surface area contributed by atoms with E-state index in [9.17, 15) is 18.0 Å². The Morgan fingerprint density at radius 3 is 2.88 bits per heavy atom. The first kappa shape index (κ1) is 17.4. The topological polar surface area (TPSA) is 138 Å². The van der Waals surface area contributed by atoms with Gasteiger partial charge in [0.25, 0.3) is 0 Å². The molecule has 11 nitrogen and oxygen atoms in total. The summed E-state index contributed by atoms with van der Waals surface area (Å²) in [6.07, 6.45) is 2.15. The van der Waals surface area contributed by atoms with Crippen molar-refractivity contribution in [3.05, 3.63) is 18.3 Å². The molecule has 136 valence electrons. The molecular weight excluding hydrogens is 356 g/mol. The van der Waals surface area contributed by atoms with Crippen LogP contribution in [-0.2, 0) is 19.5 Å². The second-order valence-electron chi connectivity index (χ2n) is 5.59. The third kappa shape index (κ3) is 3.65. The molecule has 3 amide bonds. The highest BCUT2D eigenvalue weighted by molar-refractivity contribution is 7.80. The van der Waals surface area contributed by atoms with Crippen LogP contribution in [-0.4, -0.2) is 65.6 Å². The zero-order valence-electron chi connectivity index (χ0n) is 13.2. The van der Waals surface area contributed by atoms with Gasteiger partial charge in [-0.05, 0) is 18.9 Å². The average Bonchev–Trinajstić information content (AvgIpc) is 2.78. The average molecular weight is 372 g/mol. The summed E-state index contributed by atoms with van der Waals surface area (Å²) in [5.74, 6) is -0.0970. The Morgan fingerprint density at radius 1 is 1.44 bits per heavy atom. The smallest absolute Gasteiger partial charge is 0.418 e. The molecule has 0 radical (unpaired) electrons. The van der Waals surface area contributed by atoms with Crippen molar-refractivity contribution in [1.82, 2.24) is 14.9 Å². The minimum Gasteiger partial charge on any atom is -0.481 e. The number of aromatic nitrogens is 1. The molecule has 12 heteroatoms. The number of hydrogen-bond donors (Lipinski definition) is 2. The number of carbonyl (C=O) groups excluding carboxylic acids is 2. The molecule has 1 aromatic heterocycles. The molecule has 25 heavy (non-hydrogen) atoms. The summed E-state index contributed by atoms with van der Waals surface area (Å²) < 4.78 is 39.8. The van der Waals surface area contributed by atoms with E-state index in [-0.39, 0.29) is 6.54 Å². The number of carbonyl (C=O) groups is 2. The summed E-state index contributed by atoms with van der Waals surface area (Å²) in [6, 6.07) is 0.999. The van der Waals surface area contributed by atoms with E-state index >= 15 is 0 Å². The van der Waals surface area contributed by atoms with Crippen molar-refractivity contribution in [1.29, 1.82) is 0 Å². The number of hydrogen-bond acceptors (Lipinski definition) is 7. The number of nitrogens with one attached hydrogen (secondary N) is 1. The molecule has 2 fully saturated rings. The van der Waals surface area contributed by atoms with Gasteiger partial charge in [0.1, 0.15) is 6.04 Å². The molecule has 0 spiro atoms. The van der Waals surface area contributed by atoms with E-state index in [2.05, 4.69) is 14.6 Å². The van der Waals surface area contributed by atoms with Crippen LogP contribution in [0.1, 0.15) is 12.8 Å². The number of methoxy groups -OCH3 is 1. The molecule has 2 atom stereocenters. The second-order valence-corrected chi connectivity index (χ2v) is 6.59. The van der Waals surface area contributed by atoms with Gasteiger partial charge >= 0.3 is 16.4 Å². The van der Waals surface area contributed by atoms with Gasteiger partial charge < -0.3 is 15.0 Å². The van der Waals surface area contributed by atoms with Gasteiger partial charge in [-0.1, -0.05) is 0 Å². The number of anilines is 1. The van der Waals surface area contributed by atoms with Gasteiger partial charge in [-0.15, -0.1) is 4.28 Å². The third-order valence-electron chi connectivity index (χ3n) is 4.01. The molecule has 0 aromatic carbocycles. The zero-order valence-corrected chi connectivity index (χ0v) is 14.0. The molecule has 2 aliphatic heterocycles. The number of rotatable bonds is 5. The summed E-state index contributed by atoms with van der Waals surface area (Å²) in [7, 11) is -3.37. The van der Waals surface area contributed by atoms with Crippen LogP contribution >= 0.6 is 0 Å². The molecule has 0 unspecified atom stereocenters. The summed E-state index contributed by atoms with van der Waals surface area (Å²) in [5.41, 5.74) is 0.455. The van der Waals surface area contributed by atoms with Crippen molar-refractivity contribution in [2.75, 3.05) is 19.0 Å². The molecular formula is C13H16N4O7S. The molecule has 3 heterocycles. The Hall–Kier alpha value is -2.44. The fraction of sp³-hybridized carbons (Fsp3) is 0.462. The maximum absolute atomic E-state index is 12.5. The monoisotopic (exact) mass is 372 g/mol. The molecule has 2 N–H and O–H groups in total. The van der Waals surface area contributed by atoms with Gasteiger partial charge in [0.05, 0.1) is 13.2 Å². The van der Waals surface area contributed by atoms with Crippen LogP contribution in [0.4, 0.5) is 10.5 Å². The number of amides is 3. The van der Waals surface area contributed by atoms with Gasteiger partial charge in [-0.25, -0.2) is 9.78 Å². The lowest BCUT2D eigenvalue weighted by Gasteiger charge is -2.29. The van der Waals surface area contributed by atoms with Crippen LogP contribution in [0.15, 0.2) is 18.3 Å². The first-order valence-corrected chi connectivity index (χ1v) is 8.73. The maximum Gasteiger partial charge on any atom is 0.418 e. The largest absolute Gasteiger partial charge is 0.481 e. The number of urea groups is 1. The van der Waals surface area contributed by atoms with E-state index < -0.39 is 34.4 Å². The van der Waals surface area contributed by atoms with Crippen molar-refractivity contribution in [2.45, 2.75) is 24.9 Å². The number of hydroxylamine groups is 2. The summed E-state index contributed by atoms with van der Waals surface area (Å²) in [4.78, 5) is 29.9. The number of piperidine rings is 1. The fourth-order valence-corrected chi connectivity index (χ4v) is 3.32. The van der Waals surface area contributed by atoms with Crippen LogP contribution < -0.4 is 10.1 Å². The van der Waals surface area contributed by atoms with Gasteiger partial charge in [-0.3, -0.25) is 9.35 Å². The molecule has 2 aliphatic rings. The zero-order chi connectivity index (χ0) is 18.2. The van der Waals surface area contributed by atoms with Crippen molar-refractivity contribution in [3.63, 3.8) is 0 Å². The highest BCUT2D eigenvalue weighted by Gasteiger charge is 2.49. The van der Waals surface area contributed by atoms with E-state index in [1.807, 2.05) is 0 Å². The molecule has 2 bridgehead atoms. The van der Waals surface area contributed by atoms with Crippen molar-refractivity contribution in [3.8, 4) is 5.88 Å². The highest BCUT2D eigenvalue weighted by atomic mass is 32.3. The number of ether oxygens (including phenoxy) is 1. The minimum atomic E-state index is -4.82. The quantitative estimate of drug-likeness (QED) is 0.691. The number of nitrogens with zero attached hydrogens (tertiary/aromatic N) is 3. The van der Waals surface area contributed by atoms with E-state index in [4.69, 9.17) is 9.29 Å². The SMILES string of the molecule is COc1cc(NC(=O)[C@@H]2CC[C@@H]3CN2C(=O)N3OS(=O)(=O)O)ccn1. The standard InChI is InChI=1S/C13H16N4O7S/c1-23-11-6-8(4-5-14-11)15-12(18)10-3-2-9-7-16(10)13(19)17(9)24-25(20,21)22/h4-6,9-10H,2-3,7H2,1H3,(H,14,15,18)(H,20,21,22)/t9-,10+/m1/s1. The number of pyridine rings is 1. The van der Waals surface area contributed by atoms with E-state index in [1.54, 1.807) is 6.07 Å². The summed E-state index contributed by atoms with van der Waals surface area (Å²) >= 11 is 0. The highest BCUT2D eigenvalue weighted by Crippen LogP contribution is 2.31. The lowest BCUT2D eigenvalue weighted by atomic mass is 10.0. The van der Waals surface area contributed by atoms with Crippen LogP contribution in [0.3, 0.4) is 0 Å². The second kappa shape index (κ2) is 6.46. The van der Waals surface area contributed by atoms with E-state index in [1.165, 1.54) is 24.3 Å². The van der Waals surface area contributed by atoms with E-state index in [0.29, 0.717) is 29.5 Å². The molecule has 0 saturated carbocycles. The molecule has 2 saturated heterocycles. The summed E-state index contributed by atoms with van der Waals surface area (Å²) in [5, 5.41) is 3.27. The summed E-state index contributed by atoms with van der Waals surface area (Å²) in [6.45, 7) is 0.131. The Bertz CT molecular complexity index is 799. The molecule has 1 aromatic rings. The van der Waals surface area contributed by atoms with Crippen LogP contribution in [0.2, 0.25) is 0 Å². The Morgan fingerprint density at radius 2 is 2.20 bits per heavy atom.